The van der Waals surface area contributed by atoms with Crippen LogP contribution in [0.2, 0.25) is 0 Å². The Hall–Kier alpha value is -2.89. The summed E-state index contributed by atoms with van der Waals surface area (Å²) < 4.78 is 19.3. The van der Waals surface area contributed by atoms with Crippen LogP contribution >= 0.6 is 0 Å². The van der Waals surface area contributed by atoms with Crippen molar-refractivity contribution in [1.82, 2.24) is 0 Å². The molecular weight excluding hydrogens is 347 g/mol. The first kappa shape index (κ1) is 18.9. The number of ether oxygens (including phenoxy) is 1. The van der Waals surface area contributed by atoms with Gasteiger partial charge in [-0.05, 0) is 55.7 Å². The molecule has 3 rings (SSSR count). The molecule has 2 amide bonds. The zero-order valence-electron chi connectivity index (χ0n) is 15.7. The number of carbonyl (C=O) groups is 2. The summed E-state index contributed by atoms with van der Waals surface area (Å²) in [6.45, 7) is 5.35. The average Bonchev–Trinajstić information content (AvgIpc) is 2.96. The summed E-state index contributed by atoms with van der Waals surface area (Å²) >= 11 is 0. The van der Waals surface area contributed by atoms with Crippen molar-refractivity contribution >= 4 is 23.2 Å². The number of nitrogens with zero attached hydrogens (tertiary/aromatic N) is 1. The molecule has 1 aliphatic rings. The van der Waals surface area contributed by atoms with Crippen LogP contribution in [0.15, 0.2) is 42.5 Å². The molecule has 1 N–H and O–H groups in total. The van der Waals surface area contributed by atoms with Gasteiger partial charge in [0, 0.05) is 24.3 Å². The van der Waals surface area contributed by atoms with Gasteiger partial charge in [0.25, 0.3) is 5.91 Å². The molecular formula is C21H23FN2O3. The van der Waals surface area contributed by atoms with Gasteiger partial charge in [-0.1, -0.05) is 19.1 Å². The fourth-order valence-corrected chi connectivity index (χ4v) is 3.43. The predicted octanol–water partition coefficient (Wildman–Crippen LogP) is 3.92. The van der Waals surface area contributed by atoms with Gasteiger partial charge >= 0.3 is 0 Å². The minimum atomic E-state index is -0.803. The van der Waals surface area contributed by atoms with E-state index in [0.717, 1.165) is 17.7 Å². The van der Waals surface area contributed by atoms with E-state index < -0.39 is 11.9 Å². The molecule has 0 radical (unpaired) electrons. The van der Waals surface area contributed by atoms with Crippen molar-refractivity contribution in [1.29, 1.82) is 0 Å². The van der Waals surface area contributed by atoms with Crippen LogP contribution in [0.25, 0.3) is 0 Å². The Morgan fingerprint density at radius 3 is 2.70 bits per heavy atom. The summed E-state index contributed by atoms with van der Waals surface area (Å²) in [5.41, 5.74) is 2.52. The van der Waals surface area contributed by atoms with E-state index in [9.17, 15) is 14.0 Å². The van der Waals surface area contributed by atoms with E-state index in [-0.39, 0.29) is 23.6 Å². The maximum Gasteiger partial charge on any atom is 0.265 e. The Balaban J connectivity index is 1.73. The molecule has 142 valence electrons. The minimum absolute atomic E-state index is 0.00219. The molecule has 0 aliphatic carbocycles. The summed E-state index contributed by atoms with van der Waals surface area (Å²) in [7, 11) is 0. The standard InChI is InChI=1S/C21H23FN2O3/c1-4-19(27-20-8-6-5-7-17(20)22)21(26)23-16-9-10-18-15(12-16)11-13(2)24(18)14(3)25/h5-10,12-13,19H,4,11H2,1-3H3,(H,23,26)/t13-,19+/m0/s1. The highest BCUT2D eigenvalue weighted by Gasteiger charge is 2.29. The molecule has 27 heavy (non-hydrogen) atoms. The van der Waals surface area contributed by atoms with Crippen LogP contribution in [0.3, 0.4) is 0 Å². The lowest BCUT2D eigenvalue weighted by Crippen LogP contribution is -2.33. The van der Waals surface area contributed by atoms with Gasteiger partial charge in [0.15, 0.2) is 17.7 Å². The number of hydrogen-bond donors (Lipinski definition) is 1. The molecule has 0 saturated carbocycles. The molecule has 0 aromatic heterocycles. The Morgan fingerprint density at radius 2 is 2.04 bits per heavy atom. The maximum atomic E-state index is 13.8. The maximum absolute atomic E-state index is 13.8. The highest BCUT2D eigenvalue weighted by atomic mass is 19.1. The number of halogens is 1. The second-order valence-electron chi connectivity index (χ2n) is 6.72. The van der Waals surface area contributed by atoms with Crippen LogP contribution in [0, 0.1) is 5.82 Å². The number of benzene rings is 2. The van der Waals surface area contributed by atoms with Gasteiger partial charge in [-0.2, -0.15) is 0 Å². The third kappa shape index (κ3) is 3.94. The van der Waals surface area contributed by atoms with E-state index in [1.807, 2.05) is 19.1 Å². The van der Waals surface area contributed by atoms with Crippen molar-refractivity contribution in [2.75, 3.05) is 10.2 Å². The van der Waals surface area contributed by atoms with Crippen molar-refractivity contribution in [2.45, 2.75) is 45.8 Å². The average molecular weight is 370 g/mol. The summed E-state index contributed by atoms with van der Waals surface area (Å²) in [6.07, 6.45) is 0.338. The lowest BCUT2D eigenvalue weighted by molar-refractivity contribution is -0.123. The van der Waals surface area contributed by atoms with E-state index in [0.29, 0.717) is 12.1 Å². The summed E-state index contributed by atoms with van der Waals surface area (Å²) in [6, 6.07) is 11.6. The van der Waals surface area contributed by atoms with E-state index in [4.69, 9.17) is 4.74 Å². The number of hydrogen-bond acceptors (Lipinski definition) is 3. The van der Waals surface area contributed by atoms with E-state index in [2.05, 4.69) is 5.32 Å². The quantitative estimate of drug-likeness (QED) is 0.868. The molecule has 2 aromatic rings. The molecule has 0 saturated heterocycles. The van der Waals surface area contributed by atoms with Crippen LogP contribution in [-0.4, -0.2) is 24.0 Å². The van der Waals surface area contributed by atoms with E-state index >= 15 is 0 Å². The van der Waals surface area contributed by atoms with Gasteiger partial charge in [-0.3, -0.25) is 9.59 Å². The van der Waals surface area contributed by atoms with Gasteiger partial charge in [0.1, 0.15) is 0 Å². The monoisotopic (exact) mass is 370 g/mol. The number of fused-ring (bicyclic) bond motifs is 1. The molecule has 0 spiro atoms. The Bertz CT molecular complexity index is 868. The highest BCUT2D eigenvalue weighted by molar-refractivity contribution is 5.97. The third-order valence-corrected chi connectivity index (χ3v) is 4.67. The van der Waals surface area contributed by atoms with Crippen LogP contribution in [-0.2, 0) is 16.0 Å². The third-order valence-electron chi connectivity index (χ3n) is 4.67. The first-order chi connectivity index (χ1) is 12.9. The van der Waals surface area contributed by atoms with Crippen LogP contribution in [0.5, 0.6) is 5.75 Å². The second-order valence-corrected chi connectivity index (χ2v) is 6.72. The van der Waals surface area contributed by atoms with Crippen molar-refractivity contribution in [3.05, 3.63) is 53.8 Å². The van der Waals surface area contributed by atoms with Crippen molar-refractivity contribution in [2.24, 2.45) is 0 Å². The predicted molar refractivity (Wildman–Crippen MR) is 103 cm³/mol. The molecule has 0 bridgehead atoms. The molecule has 2 atom stereocenters. The molecule has 5 nitrogen and oxygen atoms in total. The van der Waals surface area contributed by atoms with Crippen LogP contribution in [0.4, 0.5) is 15.8 Å². The smallest absolute Gasteiger partial charge is 0.265 e. The molecule has 0 unspecified atom stereocenters. The fourth-order valence-electron chi connectivity index (χ4n) is 3.43. The molecule has 6 heteroatoms. The van der Waals surface area contributed by atoms with Gasteiger partial charge in [0.05, 0.1) is 0 Å². The number of carbonyl (C=O) groups excluding carboxylic acids is 2. The number of nitrogens with one attached hydrogen (secondary N) is 1. The van der Waals surface area contributed by atoms with Crippen molar-refractivity contribution in [3.8, 4) is 5.75 Å². The molecule has 1 heterocycles. The first-order valence-corrected chi connectivity index (χ1v) is 9.05. The number of para-hydroxylation sites is 1. The number of rotatable bonds is 5. The lowest BCUT2D eigenvalue weighted by Gasteiger charge is -2.21. The van der Waals surface area contributed by atoms with Gasteiger partial charge in [-0.25, -0.2) is 4.39 Å². The normalized spacial score (nSPS) is 16.6. The van der Waals surface area contributed by atoms with Crippen LogP contribution in [0.1, 0.15) is 32.8 Å². The zero-order valence-corrected chi connectivity index (χ0v) is 15.7. The largest absolute Gasteiger partial charge is 0.478 e. The van der Waals surface area contributed by atoms with Gasteiger partial charge in [-0.15, -0.1) is 0 Å². The fraction of sp³-hybridized carbons (Fsp3) is 0.333. The van der Waals surface area contributed by atoms with E-state index in [1.54, 1.807) is 36.9 Å². The molecule has 2 aromatic carbocycles. The van der Waals surface area contributed by atoms with Gasteiger partial charge in [0.2, 0.25) is 5.91 Å². The first-order valence-electron chi connectivity index (χ1n) is 9.05. The van der Waals surface area contributed by atoms with Gasteiger partial charge < -0.3 is 15.0 Å². The van der Waals surface area contributed by atoms with Crippen molar-refractivity contribution in [3.63, 3.8) is 0 Å². The number of anilines is 2. The second kappa shape index (κ2) is 7.78. The Morgan fingerprint density at radius 1 is 1.30 bits per heavy atom. The van der Waals surface area contributed by atoms with Crippen molar-refractivity contribution < 1.29 is 18.7 Å². The topological polar surface area (TPSA) is 58.6 Å². The summed E-state index contributed by atoms with van der Waals surface area (Å²) in [5, 5.41) is 2.83. The minimum Gasteiger partial charge on any atom is -0.478 e. The van der Waals surface area contributed by atoms with E-state index in [1.165, 1.54) is 12.1 Å². The molecule has 0 fully saturated rings. The highest BCUT2D eigenvalue weighted by Crippen LogP contribution is 2.34. The van der Waals surface area contributed by atoms with Crippen LogP contribution < -0.4 is 15.0 Å². The Labute approximate surface area is 158 Å². The summed E-state index contributed by atoms with van der Waals surface area (Å²) in [4.78, 5) is 26.2. The lowest BCUT2D eigenvalue weighted by atomic mass is 10.1. The SMILES string of the molecule is CC[C@@H](Oc1ccccc1F)C(=O)Nc1ccc2c(c1)C[C@H](C)N2C(C)=O. The molecule has 1 aliphatic heterocycles. The Kier molecular flexibility index (Phi) is 5.44. The number of amides is 2. The zero-order chi connectivity index (χ0) is 19.6. The summed E-state index contributed by atoms with van der Waals surface area (Å²) in [5.74, 6) is -0.781.